The highest BCUT2D eigenvalue weighted by Crippen LogP contribution is 2.50. The predicted molar refractivity (Wildman–Crippen MR) is 128 cm³/mol. The summed E-state index contributed by atoms with van der Waals surface area (Å²) in [5.74, 6) is 0.790. The van der Waals surface area contributed by atoms with Crippen molar-refractivity contribution in [2.45, 2.75) is 38.1 Å². The molecular formula is C28H29NO2. The van der Waals surface area contributed by atoms with E-state index in [2.05, 4.69) is 63.2 Å². The second-order valence-electron chi connectivity index (χ2n) is 8.98. The van der Waals surface area contributed by atoms with Crippen molar-refractivity contribution < 1.29 is 9.53 Å². The fourth-order valence-corrected chi connectivity index (χ4v) is 4.94. The first kappa shape index (κ1) is 20.9. The molecule has 0 saturated heterocycles. The molecule has 3 nitrogen and oxygen atoms in total. The van der Waals surface area contributed by atoms with E-state index in [1.807, 2.05) is 47.4 Å². The van der Waals surface area contributed by atoms with Gasteiger partial charge in [-0.15, -0.1) is 0 Å². The molecule has 31 heavy (non-hydrogen) atoms. The van der Waals surface area contributed by atoms with Gasteiger partial charge in [0.2, 0.25) is 0 Å². The summed E-state index contributed by atoms with van der Waals surface area (Å²) in [5.41, 5.74) is 3.89. The largest absolute Gasteiger partial charge is 0.497 e. The van der Waals surface area contributed by atoms with Crippen molar-refractivity contribution in [3.8, 4) is 5.75 Å². The number of rotatable bonds is 4. The number of amides is 1. The highest BCUT2D eigenvalue weighted by atomic mass is 16.5. The molecule has 0 N–H and O–H groups in total. The van der Waals surface area contributed by atoms with Gasteiger partial charge in [0.25, 0.3) is 5.91 Å². The molecule has 3 aromatic rings. The van der Waals surface area contributed by atoms with E-state index in [-0.39, 0.29) is 16.9 Å². The van der Waals surface area contributed by atoms with Crippen LogP contribution in [0, 0.1) is 0 Å². The molecule has 1 aliphatic heterocycles. The zero-order valence-corrected chi connectivity index (χ0v) is 18.6. The normalized spacial score (nSPS) is 19.8. The van der Waals surface area contributed by atoms with E-state index in [4.69, 9.17) is 4.74 Å². The lowest BCUT2D eigenvalue weighted by Crippen LogP contribution is -2.55. The maximum atomic E-state index is 13.4. The van der Waals surface area contributed by atoms with Gasteiger partial charge in [0.15, 0.2) is 0 Å². The second-order valence-corrected chi connectivity index (χ2v) is 8.98. The summed E-state index contributed by atoms with van der Waals surface area (Å²) in [6, 6.07) is 26.6. The van der Waals surface area contributed by atoms with E-state index < -0.39 is 0 Å². The number of nitrogens with zero attached hydrogens (tertiary/aromatic N) is 1. The molecule has 3 heteroatoms. The molecule has 1 atom stereocenters. The number of para-hydroxylation sites is 1. The number of hydrogen-bond donors (Lipinski definition) is 0. The molecule has 0 spiro atoms. The zero-order valence-electron chi connectivity index (χ0n) is 18.6. The van der Waals surface area contributed by atoms with Crippen LogP contribution >= 0.6 is 0 Å². The molecule has 1 heterocycles. The Morgan fingerprint density at radius 3 is 2.23 bits per heavy atom. The van der Waals surface area contributed by atoms with Gasteiger partial charge in [0.1, 0.15) is 5.75 Å². The van der Waals surface area contributed by atoms with E-state index in [0.29, 0.717) is 0 Å². The zero-order chi connectivity index (χ0) is 22.1. The highest BCUT2D eigenvalue weighted by Gasteiger charge is 2.47. The van der Waals surface area contributed by atoms with Crippen molar-refractivity contribution in [2.75, 3.05) is 12.0 Å². The Labute approximate surface area is 185 Å². The SMILES string of the molecule is COc1ccc(/C=C/C(=O)N2c3ccccc3C(C)(c3ccccc3)CC2(C)C)cc1. The number of carbonyl (C=O) groups is 1. The summed E-state index contributed by atoms with van der Waals surface area (Å²) in [7, 11) is 1.65. The number of anilines is 1. The van der Waals surface area contributed by atoms with Crippen LogP contribution in [0.1, 0.15) is 43.9 Å². The fourth-order valence-electron chi connectivity index (χ4n) is 4.94. The van der Waals surface area contributed by atoms with Gasteiger partial charge in [-0.1, -0.05) is 67.6 Å². The predicted octanol–water partition coefficient (Wildman–Crippen LogP) is 6.23. The maximum absolute atomic E-state index is 13.4. The summed E-state index contributed by atoms with van der Waals surface area (Å²) in [6.45, 7) is 6.60. The number of methoxy groups -OCH3 is 1. The minimum atomic E-state index is -0.347. The van der Waals surface area contributed by atoms with Crippen LogP contribution in [-0.2, 0) is 10.2 Å². The third kappa shape index (κ3) is 3.88. The summed E-state index contributed by atoms with van der Waals surface area (Å²) in [4.78, 5) is 15.4. The van der Waals surface area contributed by atoms with Crippen LogP contribution in [0.2, 0.25) is 0 Å². The Hall–Kier alpha value is -3.33. The van der Waals surface area contributed by atoms with Crippen molar-refractivity contribution >= 4 is 17.7 Å². The molecule has 1 unspecified atom stereocenters. The quantitative estimate of drug-likeness (QED) is 0.476. The Morgan fingerprint density at radius 1 is 0.903 bits per heavy atom. The Balaban J connectivity index is 1.72. The molecule has 0 fully saturated rings. The summed E-state index contributed by atoms with van der Waals surface area (Å²) in [6.07, 6.45) is 4.38. The first-order valence-electron chi connectivity index (χ1n) is 10.7. The Kier molecular flexibility index (Phi) is 5.45. The van der Waals surface area contributed by atoms with Crippen LogP contribution in [-0.4, -0.2) is 18.6 Å². The minimum Gasteiger partial charge on any atom is -0.497 e. The smallest absolute Gasteiger partial charge is 0.251 e. The monoisotopic (exact) mass is 411 g/mol. The van der Waals surface area contributed by atoms with Crippen molar-refractivity contribution in [1.29, 1.82) is 0 Å². The summed E-state index contributed by atoms with van der Waals surface area (Å²) >= 11 is 0. The summed E-state index contributed by atoms with van der Waals surface area (Å²) in [5, 5.41) is 0. The van der Waals surface area contributed by atoms with Crippen LogP contribution in [0.3, 0.4) is 0 Å². The molecule has 0 aromatic heterocycles. The van der Waals surface area contributed by atoms with Crippen molar-refractivity contribution in [2.24, 2.45) is 0 Å². The Morgan fingerprint density at radius 2 is 1.55 bits per heavy atom. The molecule has 3 aromatic carbocycles. The lowest BCUT2D eigenvalue weighted by molar-refractivity contribution is -0.115. The van der Waals surface area contributed by atoms with E-state index in [9.17, 15) is 4.79 Å². The van der Waals surface area contributed by atoms with E-state index >= 15 is 0 Å². The second kappa shape index (κ2) is 8.07. The van der Waals surface area contributed by atoms with Crippen LogP contribution < -0.4 is 9.64 Å². The minimum absolute atomic E-state index is 0.0108. The molecule has 0 bridgehead atoms. The summed E-state index contributed by atoms with van der Waals surface area (Å²) < 4.78 is 5.21. The third-order valence-corrected chi connectivity index (χ3v) is 6.30. The van der Waals surface area contributed by atoms with Gasteiger partial charge >= 0.3 is 0 Å². The number of carbonyl (C=O) groups excluding carboxylic acids is 1. The molecule has 0 aliphatic carbocycles. The third-order valence-electron chi connectivity index (χ3n) is 6.30. The molecule has 4 rings (SSSR count). The average molecular weight is 412 g/mol. The standard InChI is InChI=1S/C28H29NO2/c1-27(2)20-28(3,22-10-6-5-7-11-22)24-12-8-9-13-25(24)29(27)26(30)19-16-21-14-17-23(31-4)18-15-21/h5-19H,20H2,1-4H3/b19-16+. The molecule has 1 aliphatic rings. The van der Waals surface area contributed by atoms with Gasteiger partial charge in [-0.2, -0.15) is 0 Å². The van der Waals surface area contributed by atoms with Crippen LogP contribution in [0.15, 0.2) is 84.9 Å². The lowest BCUT2D eigenvalue weighted by Gasteiger charge is -2.51. The van der Waals surface area contributed by atoms with Crippen molar-refractivity contribution in [3.05, 3.63) is 102 Å². The Bertz CT molecular complexity index is 1100. The van der Waals surface area contributed by atoms with Gasteiger partial charge in [-0.05, 0) is 61.2 Å². The molecule has 158 valence electrons. The first-order chi connectivity index (χ1) is 14.8. The van der Waals surface area contributed by atoms with Gasteiger partial charge < -0.3 is 9.64 Å². The van der Waals surface area contributed by atoms with Gasteiger partial charge in [-0.25, -0.2) is 0 Å². The van der Waals surface area contributed by atoms with Crippen LogP contribution in [0.5, 0.6) is 5.75 Å². The lowest BCUT2D eigenvalue weighted by atomic mass is 9.65. The van der Waals surface area contributed by atoms with Crippen molar-refractivity contribution in [1.82, 2.24) is 0 Å². The van der Waals surface area contributed by atoms with E-state index in [1.165, 1.54) is 11.1 Å². The number of benzene rings is 3. The van der Waals surface area contributed by atoms with Crippen LogP contribution in [0.4, 0.5) is 5.69 Å². The number of ether oxygens (including phenoxy) is 1. The molecule has 0 radical (unpaired) electrons. The molecular weight excluding hydrogens is 382 g/mol. The highest BCUT2D eigenvalue weighted by molar-refractivity contribution is 6.06. The fraction of sp³-hybridized carbons (Fsp3) is 0.250. The average Bonchev–Trinajstić information content (AvgIpc) is 2.78. The van der Waals surface area contributed by atoms with Gasteiger partial charge in [0, 0.05) is 22.7 Å². The van der Waals surface area contributed by atoms with E-state index in [0.717, 1.165) is 23.4 Å². The van der Waals surface area contributed by atoms with Crippen molar-refractivity contribution in [3.63, 3.8) is 0 Å². The maximum Gasteiger partial charge on any atom is 0.251 e. The van der Waals surface area contributed by atoms with Gasteiger partial charge in [0.05, 0.1) is 7.11 Å². The molecule has 1 amide bonds. The number of hydrogen-bond acceptors (Lipinski definition) is 2. The number of fused-ring (bicyclic) bond motifs is 1. The van der Waals surface area contributed by atoms with Gasteiger partial charge in [-0.3, -0.25) is 4.79 Å². The van der Waals surface area contributed by atoms with E-state index in [1.54, 1.807) is 13.2 Å². The first-order valence-corrected chi connectivity index (χ1v) is 10.7. The van der Waals surface area contributed by atoms with Crippen LogP contribution in [0.25, 0.3) is 6.08 Å². The molecule has 0 saturated carbocycles. The topological polar surface area (TPSA) is 29.5 Å².